The summed E-state index contributed by atoms with van der Waals surface area (Å²) in [4.78, 5) is 12.9. The number of ether oxygens (including phenoxy) is 1. The van der Waals surface area contributed by atoms with Crippen molar-refractivity contribution >= 4 is 30.1 Å². The minimum absolute atomic E-state index is 0. The van der Waals surface area contributed by atoms with E-state index in [9.17, 15) is 4.79 Å². The van der Waals surface area contributed by atoms with E-state index in [0.717, 1.165) is 36.7 Å². The molecule has 1 aliphatic heterocycles. The van der Waals surface area contributed by atoms with Crippen molar-refractivity contribution in [1.29, 1.82) is 0 Å². The van der Waals surface area contributed by atoms with Crippen LogP contribution in [0.3, 0.4) is 0 Å². The van der Waals surface area contributed by atoms with E-state index < -0.39 is 0 Å². The van der Waals surface area contributed by atoms with Gasteiger partial charge in [0.05, 0.1) is 12.9 Å². The maximum Gasteiger partial charge on any atom is 0.230 e. The van der Waals surface area contributed by atoms with Crippen LogP contribution in [0.25, 0.3) is 0 Å². The second kappa shape index (κ2) is 10.8. The van der Waals surface area contributed by atoms with Crippen LogP contribution in [-0.2, 0) is 4.79 Å². The summed E-state index contributed by atoms with van der Waals surface area (Å²) >= 11 is 1.54. The van der Waals surface area contributed by atoms with E-state index in [2.05, 4.69) is 10.6 Å². The fourth-order valence-corrected chi connectivity index (χ4v) is 3.25. The van der Waals surface area contributed by atoms with Gasteiger partial charge in [0.25, 0.3) is 0 Å². The summed E-state index contributed by atoms with van der Waals surface area (Å²) in [6, 6.07) is 7.79. The van der Waals surface area contributed by atoms with Crippen molar-refractivity contribution < 1.29 is 9.53 Å². The topological polar surface area (TPSA) is 50.4 Å². The maximum absolute atomic E-state index is 11.8. The van der Waals surface area contributed by atoms with Gasteiger partial charge < -0.3 is 15.4 Å². The van der Waals surface area contributed by atoms with E-state index in [1.807, 2.05) is 24.3 Å². The zero-order valence-electron chi connectivity index (χ0n) is 13.0. The summed E-state index contributed by atoms with van der Waals surface area (Å²) in [5.74, 6) is 2.10. The summed E-state index contributed by atoms with van der Waals surface area (Å²) in [6.45, 7) is 3.01. The number of methoxy groups -OCH3 is 1. The van der Waals surface area contributed by atoms with Crippen molar-refractivity contribution in [1.82, 2.24) is 10.6 Å². The number of carbonyl (C=O) groups is 1. The fourth-order valence-electron chi connectivity index (χ4n) is 2.48. The van der Waals surface area contributed by atoms with E-state index in [4.69, 9.17) is 4.74 Å². The van der Waals surface area contributed by atoms with Gasteiger partial charge >= 0.3 is 0 Å². The number of rotatable bonds is 7. The van der Waals surface area contributed by atoms with Crippen LogP contribution in [0.15, 0.2) is 29.2 Å². The van der Waals surface area contributed by atoms with Crippen LogP contribution < -0.4 is 15.4 Å². The van der Waals surface area contributed by atoms with Gasteiger partial charge in [0.15, 0.2) is 0 Å². The first-order valence-electron chi connectivity index (χ1n) is 7.52. The Morgan fingerprint density at radius 1 is 1.50 bits per heavy atom. The van der Waals surface area contributed by atoms with Crippen molar-refractivity contribution in [2.75, 3.05) is 32.5 Å². The van der Waals surface area contributed by atoms with Crippen molar-refractivity contribution in [3.63, 3.8) is 0 Å². The number of carbonyl (C=O) groups excluding carboxylic acids is 1. The zero-order chi connectivity index (χ0) is 14.9. The van der Waals surface area contributed by atoms with Crippen LogP contribution in [0, 0.1) is 5.92 Å². The van der Waals surface area contributed by atoms with Gasteiger partial charge in [-0.05, 0) is 56.5 Å². The molecule has 1 aromatic carbocycles. The molecule has 1 unspecified atom stereocenters. The average Bonchev–Trinajstić information content (AvgIpc) is 2.54. The molecule has 6 heteroatoms. The van der Waals surface area contributed by atoms with Crippen LogP contribution >= 0.6 is 24.2 Å². The quantitative estimate of drug-likeness (QED) is 0.747. The van der Waals surface area contributed by atoms with Crippen LogP contribution in [0.2, 0.25) is 0 Å². The van der Waals surface area contributed by atoms with E-state index in [1.165, 1.54) is 24.6 Å². The molecule has 124 valence electrons. The lowest BCUT2D eigenvalue weighted by atomic mass is 9.96. The number of halogens is 1. The largest absolute Gasteiger partial charge is 0.497 e. The molecule has 4 nitrogen and oxygen atoms in total. The molecule has 0 spiro atoms. The Balaban J connectivity index is 0.00000242. The number of piperidine rings is 1. The third-order valence-corrected chi connectivity index (χ3v) is 4.68. The number of benzene rings is 1. The summed E-state index contributed by atoms with van der Waals surface area (Å²) in [5, 5.41) is 6.41. The minimum Gasteiger partial charge on any atom is -0.497 e. The van der Waals surface area contributed by atoms with Crippen molar-refractivity contribution in [3.05, 3.63) is 24.3 Å². The molecule has 0 saturated carbocycles. The smallest absolute Gasteiger partial charge is 0.230 e. The highest BCUT2D eigenvalue weighted by atomic mass is 35.5. The van der Waals surface area contributed by atoms with Gasteiger partial charge in [0.2, 0.25) is 5.91 Å². The van der Waals surface area contributed by atoms with Gasteiger partial charge in [0, 0.05) is 11.4 Å². The van der Waals surface area contributed by atoms with Gasteiger partial charge in [-0.1, -0.05) is 6.07 Å². The Labute approximate surface area is 143 Å². The SMILES string of the molecule is COc1cccc(SCC(=O)NCCC2CCCNC2)c1.Cl. The third-order valence-electron chi connectivity index (χ3n) is 3.68. The molecule has 2 rings (SSSR count). The molecule has 22 heavy (non-hydrogen) atoms. The molecule has 1 atom stereocenters. The number of thioether (sulfide) groups is 1. The highest BCUT2D eigenvalue weighted by molar-refractivity contribution is 8.00. The maximum atomic E-state index is 11.8. The molecule has 1 aromatic rings. The molecule has 1 aliphatic rings. The molecule has 0 aliphatic carbocycles. The molecule has 1 fully saturated rings. The van der Waals surface area contributed by atoms with Crippen LogP contribution in [0.1, 0.15) is 19.3 Å². The van der Waals surface area contributed by atoms with Crippen molar-refractivity contribution in [3.8, 4) is 5.75 Å². The van der Waals surface area contributed by atoms with Crippen LogP contribution in [-0.4, -0.2) is 38.4 Å². The van der Waals surface area contributed by atoms with Crippen molar-refractivity contribution in [2.24, 2.45) is 5.92 Å². The number of hydrogen-bond acceptors (Lipinski definition) is 4. The second-order valence-electron chi connectivity index (χ2n) is 5.32. The highest BCUT2D eigenvalue weighted by Crippen LogP contribution is 2.22. The van der Waals surface area contributed by atoms with Gasteiger partial charge in [-0.15, -0.1) is 24.2 Å². The Morgan fingerprint density at radius 3 is 3.09 bits per heavy atom. The first-order chi connectivity index (χ1) is 10.3. The Hall–Kier alpha value is -0.910. The van der Waals surface area contributed by atoms with Gasteiger partial charge in [-0.2, -0.15) is 0 Å². The second-order valence-corrected chi connectivity index (χ2v) is 6.37. The molecule has 0 radical (unpaired) electrons. The van der Waals surface area contributed by atoms with Crippen LogP contribution in [0.5, 0.6) is 5.75 Å². The first-order valence-corrected chi connectivity index (χ1v) is 8.51. The summed E-state index contributed by atoms with van der Waals surface area (Å²) in [6.07, 6.45) is 3.61. The predicted molar refractivity (Wildman–Crippen MR) is 94.2 cm³/mol. The van der Waals surface area contributed by atoms with E-state index in [1.54, 1.807) is 7.11 Å². The molecule has 1 amide bonds. The molecule has 0 aromatic heterocycles. The van der Waals surface area contributed by atoms with Gasteiger partial charge in [0.1, 0.15) is 5.75 Å². The van der Waals surface area contributed by atoms with Crippen molar-refractivity contribution in [2.45, 2.75) is 24.2 Å². The Kier molecular flexibility index (Phi) is 9.36. The molecular formula is C16H25ClN2O2S. The minimum atomic E-state index is 0. The molecule has 1 heterocycles. The third kappa shape index (κ3) is 6.90. The lowest BCUT2D eigenvalue weighted by molar-refractivity contribution is -0.118. The Bertz CT molecular complexity index is 454. The van der Waals surface area contributed by atoms with Gasteiger partial charge in [-0.3, -0.25) is 4.79 Å². The predicted octanol–water partition coefficient (Wildman–Crippen LogP) is 2.72. The molecular weight excluding hydrogens is 320 g/mol. The zero-order valence-corrected chi connectivity index (χ0v) is 14.6. The Morgan fingerprint density at radius 2 is 2.36 bits per heavy atom. The average molecular weight is 345 g/mol. The van der Waals surface area contributed by atoms with Gasteiger partial charge in [-0.25, -0.2) is 0 Å². The molecule has 1 saturated heterocycles. The number of hydrogen-bond donors (Lipinski definition) is 2. The number of amides is 1. The standard InChI is InChI=1S/C16H24N2O2S.ClH/c1-20-14-5-2-6-15(10-14)21-12-16(19)18-9-7-13-4-3-8-17-11-13;/h2,5-6,10,13,17H,3-4,7-9,11-12H2,1H3,(H,18,19);1H. The summed E-state index contributed by atoms with van der Waals surface area (Å²) in [5.41, 5.74) is 0. The molecule has 0 bridgehead atoms. The summed E-state index contributed by atoms with van der Waals surface area (Å²) < 4.78 is 5.17. The fraction of sp³-hybridized carbons (Fsp3) is 0.562. The highest BCUT2D eigenvalue weighted by Gasteiger charge is 2.12. The lowest BCUT2D eigenvalue weighted by Gasteiger charge is -2.22. The normalized spacial score (nSPS) is 17.4. The van der Waals surface area contributed by atoms with Crippen LogP contribution in [0.4, 0.5) is 0 Å². The number of nitrogens with one attached hydrogen (secondary N) is 2. The first kappa shape index (κ1) is 19.1. The van der Waals surface area contributed by atoms with E-state index in [-0.39, 0.29) is 18.3 Å². The monoisotopic (exact) mass is 344 g/mol. The van der Waals surface area contributed by atoms with E-state index >= 15 is 0 Å². The molecule has 2 N–H and O–H groups in total. The van der Waals surface area contributed by atoms with E-state index in [0.29, 0.717) is 11.7 Å². The summed E-state index contributed by atoms with van der Waals surface area (Å²) in [7, 11) is 1.65. The lowest BCUT2D eigenvalue weighted by Crippen LogP contribution is -2.33.